The van der Waals surface area contributed by atoms with Gasteiger partial charge in [0.1, 0.15) is 0 Å². The Labute approximate surface area is 168 Å². The van der Waals surface area contributed by atoms with Crippen molar-refractivity contribution in [2.75, 3.05) is 55.3 Å². The van der Waals surface area contributed by atoms with Crippen LogP contribution in [0.1, 0.15) is 31.7 Å². The molecule has 5 nitrogen and oxygen atoms in total. The summed E-state index contributed by atoms with van der Waals surface area (Å²) in [5, 5.41) is 6.39. The molecule has 150 valence electrons. The number of piperazine rings is 1. The Bertz CT molecular complexity index is 764. The fourth-order valence-corrected chi connectivity index (χ4v) is 3.52. The topological polar surface area (TPSA) is 47.6 Å². The van der Waals surface area contributed by atoms with E-state index in [9.17, 15) is 4.79 Å². The molecule has 0 atom stereocenters. The minimum atomic E-state index is 0.0295. The van der Waals surface area contributed by atoms with E-state index in [-0.39, 0.29) is 5.91 Å². The van der Waals surface area contributed by atoms with Crippen LogP contribution in [0.2, 0.25) is 0 Å². The van der Waals surface area contributed by atoms with Gasteiger partial charge in [0.25, 0.3) is 0 Å². The lowest BCUT2D eigenvalue weighted by Crippen LogP contribution is -2.44. The fraction of sp³-hybridized carbons (Fsp3) is 0.435. The molecular weight excluding hydrogens is 348 g/mol. The average Bonchev–Trinajstić information content (AvgIpc) is 2.69. The highest BCUT2D eigenvalue weighted by molar-refractivity contribution is 5.91. The SMILES string of the molecule is CC(C)c1ccccc1NCCC(=O)Nc1ccc(N2CCN(C)CC2)cc1. The zero-order valence-electron chi connectivity index (χ0n) is 17.2. The van der Waals surface area contributed by atoms with E-state index >= 15 is 0 Å². The van der Waals surface area contributed by atoms with Crippen molar-refractivity contribution >= 4 is 23.0 Å². The van der Waals surface area contributed by atoms with Crippen LogP contribution in [0.15, 0.2) is 48.5 Å². The Balaban J connectivity index is 1.46. The van der Waals surface area contributed by atoms with Crippen LogP contribution in [0.3, 0.4) is 0 Å². The Morgan fingerprint density at radius 2 is 1.68 bits per heavy atom. The molecule has 0 unspecified atom stereocenters. The van der Waals surface area contributed by atoms with Gasteiger partial charge in [-0.25, -0.2) is 0 Å². The summed E-state index contributed by atoms with van der Waals surface area (Å²) in [4.78, 5) is 17.0. The van der Waals surface area contributed by atoms with Crippen molar-refractivity contribution in [1.82, 2.24) is 4.90 Å². The van der Waals surface area contributed by atoms with E-state index in [1.807, 2.05) is 18.2 Å². The summed E-state index contributed by atoms with van der Waals surface area (Å²) >= 11 is 0. The van der Waals surface area contributed by atoms with E-state index in [2.05, 4.69) is 71.7 Å². The van der Waals surface area contributed by atoms with Crippen LogP contribution in [0.5, 0.6) is 0 Å². The van der Waals surface area contributed by atoms with Crippen molar-refractivity contribution < 1.29 is 4.79 Å². The third-order valence-electron chi connectivity index (χ3n) is 5.27. The predicted molar refractivity (Wildman–Crippen MR) is 118 cm³/mol. The largest absolute Gasteiger partial charge is 0.384 e. The summed E-state index contributed by atoms with van der Waals surface area (Å²) in [5.74, 6) is 0.484. The van der Waals surface area contributed by atoms with E-state index in [1.165, 1.54) is 11.3 Å². The van der Waals surface area contributed by atoms with Gasteiger partial charge in [0.05, 0.1) is 0 Å². The first kappa shape index (κ1) is 20.2. The van der Waals surface area contributed by atoms with Gasteiger partial charge in [0, 0.05) is 56.2 Å². The molecule has 0 bridgehead atoms. The number of hydrogen-bond donors (Lipinski definition) is 2. The van der Waals surface area contributed by atoms with Gasteiger partial charge in [0.2, 0.25) is 5.91 Å². The number of carbonyl (C=O) groups is 1. The quantitative estimate of drug-likeness (QED) is 0.762. The van der Waals surface area contributed by atoms with E-state index < -0.39 is 0 Å². The summed E-state index contributed by atoms with van der Waals surface area (Å²) < 4.78 is 0. The maximum absolute atomic E-state index is 12.3. The van der Waals surface area contributed by atoms with E-state index in [0.717, 1.165) is 37.6 Å². The molecule has 1 aliphatic rings. The standard InChI is InChI=1S/C23H32N4O/c1-18(2)21-6-4-5-7-22(21)24-13-12-23(28)25-19-8-10-20(11-9-19)27-16-14-26(3)15-17-27/h4-11,18,24H,12-17H2,1-3H3,(H,25,28). The number of carbonyl (C=O) groups excluding carboxylic acids is 1. The Hall–Kier alpha value is -2.53. The first-order chi connectivity index (χ1) is 13.5. The molecule has 3 rings (SSSR count). The van der Waals surface area contributed by atoms with Gasteiger partial charge in [-0.2, -0.15) is 0 Å². The molecule has 2 aromatic rings. The van der Waals surface area contributed by atoms with Crippen molar-refractivity contribution in [1.29, 1.82) is 0 Å². The first-order valence-corrected chi connectivity index (χ1v) is 10.2. The molecule has 0 aliphatic carbocycles. The maximum Gasteiger partial charge on any atom is 0.226 e. The van der Waals surface area contributed by atoms with Crippen LogP contribution in [0, 0.1) is 0 Å². The lowest BCUT2D eigenvalue weighted by Gasteiger charge is -2.34. The third-order valence-corrected chi connectivity index (χ3v) is 5.27. The minimum absolute atomic E-state index is 0.0295. The average molecular weight is 381 g/mol. The number of rotatable bonds is 7. The normalized spacial score (nSPS) is 14.9. The predicted octanol–water partition coefficient (Wildman–Crippen LogP) is 4.00. The Morgan fingerprint density at radius 3 is 2.36 bits per heavy atom. The summed E-state index contributed by atoms with van der Waals surface area (Å²) in [5.41, 5.74) is 4.47. The molecule has 1 aliphatic heterocycles. The zero-order chi connectivity index (χ0) is 19.9. The number of nitrogens with zero attached hydrogens (tertiary/aromatic N) is 2. The van der Waals surface area contributed by atoms with Crippen LogP contribution in [-0.2, 0) is 4.79 Å². The first-order valence-electron chi connectivity index (χ1n) is 10.2. The highest BCUT2D eigenvalue weighted by atomic mass is 16.1. The van der Waals surface area contributed by atoms with Crippen LogP contribution in [0.25, 0.3) is 0 Å². The lowest BCUT2D eigenvalue weighted by atomic mass is 10.0. The molecule has 1 saturated heterocycles. The summed E-state index contributed by atoms with van der Waals surface area (Å²) in [6.45, 7) is 9.25. The third kappa shape index (κ3) is 5.49. The molecular formula is C23H32N4O. The van der Waals surface area contributed by atoms with E-state index in [4.69, 9.17) is 0 Å². The van der Waals surface area contributed by atoms with Crippen molar-refractivity contribution in [3.63, 3.8) is 0 Å². The molecule has 2 aromatic carbocycles. The highest BCUT2D eigenvalue weighted by Gasteiger charge is 2.14. The number of benzene rings is 2. The second-order valence-electron chi connectivity index (χ2n) is 7.80. The highest BCUT2D eigenvalue weighted by Crippen LogP contribution is 2.23. The summed E-state index contributed by atoms with van der Waals surface area (Å²) in [7, 11) is 2.16. The van der Waals surface area contributed by atoms with Crippen molar-refractivity contribution in [3.05, 3.63) is 54.1 Å². The van der Waals surface area contributed by atoms with E-state index in [1.54, 1.807) is 0 Å². The number of anilines is 3. The maximum atomic E-state index is 12.3. The molecule has 0 aromatic heterocycles. The Morgan fingerprint density at radius 1 is 1.00 bits per heavy atom. The van der Waals surface area contributed by atoms with Crippen LogP contribution in [-0.4, -0.2) is 50.6 Å². The zero-order valence-corrected chi connectivity index (χ0v) is 17.2. The summed E-state index contributed by atoms with van der Waals surface area (Å²) in [6.07, 6.45) is 0.437. The van der Waals surface area contributed by atoms with Crippen molar-refractivity contribution in [2.24, 2.45) is 0 Å². The van der Waals surface area contributed by atoms with Crippen LogP contribution < -0.4 is 15.5 Å². The van der Waals surface area contributed by atoms with Gasteiger partial charge in [0.15, 0.2) is 0 Å². The molecule has 0 saturated carbocycles. The van der Waals surface area contributed by atoms with Crippen molar-refractivity contribution in [2.45, 2.75) is 26.2 Å². The molecule has 0 radical (unpaired) electrons. The number of amides is 1. The minimum Gasteiger partial charge on any atom is -0.384 e. The van der Waals surface area contributed by atoms with E-state index in [0.29, 0.717) is 18.9 Å². The van der Waals surface area contributed by atoms with Crippen LogP contribution >= 0.6 is 0 Å². The monoisotopic (exact) mass is 380 g/mol. The van der Waals surface area contributed by atoms with Gasteiger partial charge < -0.3 is 20.4 Å². The summed E-state index contributed by atoms with van der Waals surface area (Å²) in [6, 6.07) is 16.5. The number of para-hydroxylation sites is 1. The van der Waals surface area contributed by atoms with Gasteiger partial charge in [-0.1, -0.05) is 32.0 Å². The molecule has 1 heterocycles. The smallest absolute Gasteiger partial charge is 0.226 e. The van der Waals surface area contributed by atoms with Gasteiger partial charge in [-0.05, 0) is 48.9 Å². The fourth-order valence-electron chi connectivity index (χ4n) is 3.52. The van der Waals surface area contributed by atoms with Crippen LogP contribution in [0.4, 0.5) is 17.1 Å². The Kier molecular flexibility index (Phi) is 6.93. The number of likely N-dealkylation sites (N-methyl/N-ethyl adjacent to an activating group) is 1. The van der Waals surface area contributed by atoms with Gasteiger partial charge in [-0.3, -0.25) is 4.79 Å². The van der Waals surface area contributed by atoms with Gasteiger partial charge in [-0.15, -0.1) is 0 Å². The molecule has 0 spiro atoms. The molecule has 28 heavy (non-hydrogen) atoms. The lowest BCUT2D eigenvalue weighted by molar-refractivity contribution is -0.115. The number of hydrogen-bond acceptors (Lipinski definition) is 4. The molecule has 1 fully saturated rings. The second-order valence-corrected chi connectivity index (χ2v) is 7.80. The number of nitrogens with one attached hydrogen (secondary N) is 2. The molecule has 1 amide bonds. The second kappa shape index (κ2) is 9.60. The molecule has 2 N–H and O–H groups in total. The molecule has 5 heteroatoms. The van der Waals surface area contributed by atoms with Crippen molar-refractivity contribution in [3.8, 4) is 0 Å². The van der Waals surface area contributed by atoms with Gasteiger partial charge >= 0.3 is 0 Å².